The Morgan fingerprint density at radius 3 is 1.25 bits per heavy atom. The second kappa shape index (κ2) is 5.63. The molecule has 0 atom stereocenters. The molecule has 0 spiro atoms. The molecular weight excluding hydrogens is 224 g/mol. The van der Waals surface area contributed by atoms with E-state index in [4.69, 9.17) is 11.7 Å². The highest BCUT2D eigenvalue weighted by atomic mass is 16.7. The minimum atomic E-state index is -1.68. The van der Waals surface area contributed by atoms with Crippen LogP contribution in [0.15, 0.2) is 0 Å². The van der Waals surface area contributed by atoms with Gasteiger partial charge in [0.15, 0.2) is 0 Å². The van der Waals surface area contributed by atoms with Crippen LogP contribution >= 0.6 is 0 Å². The van der Waals surface area contributed by atoms with Gasteiger partial charge in [-0.1, -0.05) is 0 Å². The van der Waals surface area contributed by atoms with E-state index >= 15 is 0 Å². The molecule has 10 nitrogen and oxygen atoms in total. The maximum atomic E-state index is 10.8. The monoisotopic (exact) mass is 234 g/mol. The van der Waals surface area contributed by atoms with Crippen LogP contribution in [-0.2, 0) is 19.1 Å². The number of hydrazine groups is 2. The summed E-state index contributed by atoms with van der Waals surface area (Å²) in [5, 5.41) is 0.837. The maximum absolute atomic E-state index is 10.8. The lowest BCUT2D eigenvalue weighted by molar-refractivity contribution is -0.161. The number of amides is 2. The lowest BCUT2D eigenvalue weighted by atomic mass is 10.7. The highest BCUT2D eigenvalue weighted by Crippen LogP contribution is 1.91. The van der Waals surface area contributed by atoms with Gasteiger partial charge in [-0.15, -0.1) is 0 Å². The van der Waals surface area contributed by atoms with Crippen LogP contribution < -0.4 is 11.7 Å². The first-order chi connectivity index (χ1) is 7.25. The smallest absolute Gasteiger partial charge is 0.366 e. The molecule has 0 heterocycles. The molecular formula is C6H10N4O6. The molecule has 90 valence electrons. The fourth-order valence-corrected chi connectivity index (χ4v) is 0.386. The number of carbonyl (C=O) groups excluding carboxylic acids is 4. The lowest BCUT2D eigenvalue weighted by Crippen LogP contribution is -2.39. The molecule has 0 saturated carbocycles. The molecule has 0 aliphatic carbocycles. The molecule has 2 amide bonds. The van der Waals surface area contributed by atoms with Crippen molar-refractivity contribution in [3.8, 4) is 0 Å². The van der Waals surface area contributed by atoms with Crippen LogP contribution in [0.5, 0.6) is 0 Å². The number of hydrogen-bond acceptors (Lipinski definition) is 8. The standard InChI is InChI=1S/C6H10N4O6/c1-9(7)5(13)15-3(11)4(12)16-6(14)10(2)8/h7-8H2,1-2H3. The number of carbonyl (C=O) groups is 4. The number of nitrogens with zero attached hydrogens (tertiary/aromatic N) is 2. The van der Waals surface area contributed by atoms with Crippen LogP contribution in [0.1, 0.15) is 0 Å². The maximum Gasteiger partial charge on any atom is 0.431 e. The average molecular weight is 234 g/mol. The Morgan fingerprint density at radius 2 is 1.06 bits per heavy atom. The summed E-state index contributed by atoms with van der Waals surface area (Å²) in [6, 6.07) is 0. The van der Waals surface area contributed by atoms with Crippen LogP contribution in [0.3, 0.4) is 0 Å². The van der Waals surface area contributed by atoms with Crippen molar-refractivity contribution in [3.05, 3.63) is 0 Å². The predicted octanol–water partition coefficient (Wildman–Crippen LogP) is -2.08. The molecule has 0 saturated heterocycles. The largest absolute Gasteiger partial charge is 0.431 e. The van der Waals surface area contributed by atoms with E-state index in [0.29, 0.717) is 10.0 Å². The second-order valence-electron chi connectivity index (χ2n) is 2.53. The van der Waals surface area contributed by atoms with Gasteiger partial charge >= 0.3 is 24.1 Å². The third-order valence-electron chi connectivity index (χ3n) is 1.10. The van der Waals surface area contributed by atoms with Gasteiger partial charge in [-0.3, -0.25) is 0 Å². The summed E-state index contributed by atoms with van der Waals surface area (Å²) < 4.78 is 7.78. The summed E-state index contributed by atoms with van der Waals surface area (Å²) in [4.78, 5) is 43.0. The van der Waals surface area contributed by atoms with E-state index in [1.165, 1.54) is 0 Å². The first kappa shape index (κ1) is 13.8. The van der Waals surface area contributed by atoms with Crippen molar-refractivity contribution in [2.24, 2.45) is 11.7 Å². The molecule has 16 heavy (non-hydrogen) atoms. The van der Waals surface area contributed by atoms with E-state index in [1.54, 1.807) is 0 Å². The molecule has 0 bridgehead atoms. The first-order valence-electron chi connectivity index (χ1n) is 3.74. The van der Waals surface area contributed by atoms with Crippen LogP contribution in [0, 0.1) is 0 Å². The lowest BCUT2D eigenvalue weighted by Gasteiger charge is -2.10. The first-order valence-corrected chi connectivity index (χ1v) is 3.74. The summed E-state index contributed by atoms with van der Waals surface area (Å²) in [5.74, 6) is 6.42. The molecule has 0 aromatic carbocycles. The minimum absolute atomic E-state index is 0.419. The summed E-state index contributed by atoms with van der Waals surface area (Å²) in [5.41, 5.74) is 0. The highest BCUT2D eigenvalue weighted by molar-refractivity contribution is 6.33. The summed E-state index contributed by atoms with van der Waals surface area (Å²) in [6.45, 7) is 0. The van der Waals surface area contributed by atoms with Gasteiger partial charge < -0.3 is 9.47 Å². The zero-order valence-corrected chi connectivity index (χ0v) is 8.50. The van der Waals surface area contributed by atoms with E-state index in [0.717, 1.165) is 14.1 Å². The number of rotatable bonds is 0. The third kappa shape index (κ3) is 4.34. The highest BCUT2D eigenvalue weighted by Gasteiger charge is 2.25. The minimum Gasteiger partial charge on any atom is -0.366 e. The summed E-state index contributed by atoms with van der Waals surface area (Å²) in [6.07, 6.45) is -2.56. The van der Waals surface area contributed by atoms with Gasteiger partial charge in [0, 0.05) is 14.1 Å². The van der Waals surface area contributed by atoms with Gasteiger partial charge in [0.25, 0.3) is 0 Å². The Bertz CT molecular complexity index is 293. The molecule has 0 aliphatic rings. The molecule has 0 unspecified atom stereocenters. The van der Waals surface area contributed by atoms with Crippen molar-refractivity contribution < 1.29 is 28.7 Å². The number of esters is 2. The Labute approximate surface area is 89.6 Å². The SMILES string of the molecule is CN(N)C(=O)OC(=O)C(=O)OC(=O)N(C)N. The molecule has 4 N–H and O–H groups in total. The van der Waals surface area contributed by atoms with E-state index in [2.05, 4.69) is 9.47 Å². The zero-order chi connectivity index (χ0) is 12.9. The van der Waals surface area contributed by atoms with Gasteiger partial charge in [0.2, 0.25) is 0 Å². The molecule has 0 aromatic heterocycles. The molecule has 0 radical (unpaired) electrons. The topological polar surface area (TPSA) is 145 Å². The number of hydrogen-bond donors (Lipinski definition) is 2. The van der Waals surface area contributed by atoms with E-state index in [-0.39, 0.29) is 0 Å². The van der Waals surface area contributed by atoms with Gasteiger partial charge in [-0.05, 0) is 0 Å². The fraction of sp³-hybridized carbons (Fsp3) is 0.333. The average Bonchev–Trinajstić information content (AvgIpc) is 2.16. The molecule has 0 aliphatic heterocycles. The Balaban J connectivity index is 4.26. The van der Waals surface area contributed by atoms with Gasteiger partial charge in [-0.2, -0.15) is 0 Å². The summed E-state index contributed by atoms with van der Waals surface area (Å²) >= 11 is 0. The van der Waals surface area contributed by atoms with Crippen LogP contribution in [-0.4, -0.2) is 48.2 Å². The van der Waals surface area contributed by atoms with E-state index in [1.807, 2.05) is 0 Å². The van der Waals surface area contributed by atoms with Gasteiger partial charge in [0.05, 0.1) is 0 Å². The van der Waals surface area contributed by atoms with E-state index < -0.39 is 24.1 Å². The van der Waals surface area contributed by atoms with Crippen LogP contribution in [0.2, 0.25) is 0 Å². The van der Waals surface area contributed by atoms with E-state index in [9.17, 15) is 19.2 Å². The zero-order valence-electron chi connectivity index (χ0n) is 8.50. The third-order valence-corrected chi connectivity index (χ3v) is 1.10. The van der Waals surface area contributed by atoms with Crippen LogP contribution in [0.25, 0.3) is 0 Å². The fourth-order valence-electron chi connectivity index (χ4n) is 0.386. The molecule has 0 rings (SSSR count). The van der Waals surface area contributed by atoms with Crippen molar-refractivity contribution in [2.45, 2.75) is 0 Å². The molecule has 10 heteroatoms. The quantitative estimate of drug-likeness (QED) is 0.121. The number of ether oxygens (including phenoxy) is 2. The predicted molar refractivity (Wildman–Crippen MR) is 46.9 cm³/mol. The van der Waals surface area contributed by atoms with Gasteiger partial charge in [-0.25, -0.2) is 40.9 Å². The van der Waals surface area contributed by atoms with Gasteiger partial charge in [0.1, 0.15) is 0 Å². The van der Waals surface area contributed by atoms with Crippen molar-refractivity contribution in [2.75, 3.05) is 14.1 Å². The number of nitrogens with two attached hydrogens (primary N) is 2. The Morgan fingerprint density at radius 1 is 0.812 bits per heavy atom. The van der Waals surface area contributed by atoms with Crippen LogP contribution in [0.4, 0.5) is 9.59 Å². The van der Waals surface area contributed by atoms with Crippen molar-refractivity contribution >= 4 is 24.1 Å². The van der Waals surface area contributed by atoms with Crippen molar-refractivity contribution in [1.82, 2.24) is 10.0 Å². The molecule has 0 aromatic rings. The summed E-state index contributed by atoms with van der Waals surface area (Å²) in [7, 11) is 2.17. The Hall–Kier alpha value is -2.20. The molecule has 0 fully saturated rings. The second-order valence-corrected chi connectivity index (χ2v) is 2.53. The normalized spacial score (nSPS) is 9.00. The Kier molecular flexibility index (Phi) is 4.85. The van der Waals surface area contributed by atoms with Crippen molar-refractivity contribution in [1.29, 1.82) is 0 Å². The van der Waals surface area contributed by atoms with Crippen molar-refractivity contribution in [3.63, 3.8) is 0 Å².